The van der Waals surface area contributed by atoms with Crippen LogP contribution in [0, 0.1) is 0 Å². The van der Waals surface area contributed by atoms with Gasteiger partial charge >= 0.3 is 0 Å². The van der Waals surface area contributed by atoms with Gasteiger partial charge in [-0.25, -0.2) is 0 Å². The molecule has 0 N–H and O–H groups in total. The van der Waals surface area contributed by atoms with Crippen molar-refractivity contribution in [1.82, 2.24) is 0 Å². The average molecular weight is 190 g/mol. The number of hydrogen-bond acceptors (Lipinski definition) is 2. The van der Waals surface area contributed by atoms with Crippen molar-refractivity contribution in [2.24, 2.45) is 0 Å². The summed E-state index contributed by atoms with van der Waals surface area (Å²) in [7, 11) is 0. The van der Waals surface area contributed by atoms with E-state index >= 15 is 0 Å². The SMILES string of the molecule is C=CCOc1ccc(C(C)C=O)cc1. The highest BCUT2D eigenvalue weighted by Gasteiger charge is 2.02. The van der Waals surface area contributed by atoms with Crippen LogP contribution in [-0.2, 0) is 4.79 Å². The lowest BCUT2D eigenvalue weighted by molar-refractivity contribution is -0.108. The first-order valence-electron chi connectivity index (χ1n) is 4.57. The van der Waals surface area contributed by atoms with E-state index in [1.807, 2.05) is 31.2 Å². The Balaban J connectivity index is 2.67. The molecule has 2 heteroatoms. The Morgan fingerprint density at radius 1 is 1.43 bits per heavy atom. The van der Waals surface area contributed by atoms with Crippen LogP contribution in [0.15, 0.2) is 36.9 Å². The number of carbonyl (C=O) groups excluding carboxylic acids is 1. The van der Waals surface area contributed by atoms with Gasteiger partial charge in [0, 0.05) is 5.92 Å². The number of carbonyl (C=O) groups is 1. The van der Waals surface area contributed by atoms with Crippen LogP contribution in [0.4, 0.5) is 0 Å². The van der Waals surface area contributed by atoms with Gasteiger partial charge < -0.3 is 9.53 Å². The number of benzene rings is 1. The molecule has 0 amide bonds. The van der Waals surface area contributed by atoms with E-state index in [-0.39, 0.29) is 5.92 Å². The van der Waals surface area contributed by atoms with Gasteiger partial charge in [-0.05, 0) is 17.7 Å². The molecular formula is C12H14O2. The third-order valence-electron chi connectivity index (χ3n) is 1.98. The molecule has 0 spiro atoms. The summed E-state index contributed by atoms with van der Waals surface area (Å²) in [6.45, 7) is 5.93. The van der Waals surface area contributed by atoms with Crippen LogP contribution in [-0.4, -0.2) is 12.9 Å². The number of aldehydes is 1. The lowest BCUT2D eigenvalue weighted by Gasteiger charge is -2.06. The van der Waals surface area contributed by atoms with Crippen LogP contribution in [0.1, 0.15) is 18.4 Å². The molecule has 0 fully saturated rings. The Hall–Kier alpha value is -1.57. The third-order valence-corrected chi connectivity index (χ3v) is 1.98. The molecular weight excluding hydrogens is 176 g/mol. The maximum Gasteiger partial charge on any atom is 0.127 e. The van der Waals surface area contributed by atoms with Gasteiger partial charge in [0.05, 0.1) is 0 Å². The fourth-order valence-corrected chi connectivity index (χ4v) is 1.10. The summed E-state index contributed by atoms with van der Waals surface area (Å²) in [5, 5.41) is 0. The minimum absolute atomic E-state index is 0.0524. The van der Waals surface area contributed by atoms with E-state index < -0.39 is 0 Å². The molecule has 1 unspecified atom stereocenters. The first-order chi connectivity index (χ1) is 6.77. The molecule has 2 nitrogen and oxygen atoms in total. The number of rotatable bonds is 5. The molecule has 0 radical (unpaired) electrons. The second-order valence-corrected chi connectivity index (χ2v) is 3.09. The molecule has 0 aliphatic heterocycles. The van der Waals surface area contributed by atoms with Crippen LogP contribution in [0.3, 0.4) is 0 Å². The van der Waals surface area contributed by atoms with Crippen molar-refractivity contribution >= 4 is 6.29 Å². The molecule has 1 aromatic carbocycles. The maximum atomic E-state index is 10.5. The molecule has 1 aromatic rings. The van der Waals surface area contributed by atoms with E-state index in [1.165, 1.54) is 0 Å². The fraction of sp³-hybridized carbons (Fsp3) is 0.250. The summed E-state index contributed by atoms with van der Waals surface area (Å²) in [6, 6.07) is 7.52. The molecule has 14 heavy (non-hydrogen) atoms. The predicted molar refractivity (Wildman–Crippen MR) is 56.6 cm³/mol. The molecule has 1 rings (SSSR count). The molecule has 0 heterocycles. The Morgan fingerprint density at radius 2 is 2.07 bits per heavy atom. The summed E-state index contributed by atoms with van der Waals surface area (Å²) in [5.41, 5.74) is 1.01. The van der Waals surface area contributed by atoms with E-state index in [4.69, 9.17) is 4.74 Å². The molecule has 1 atom stereocenters. The zero-order valence-corrected chi connectivity index (χ0v) is 8.27. The van der Waals surface area contributed by atoms with Crippen molar-refractivity contribution in [3.05, 3.63) is 42.5 Å². The van der Waals surface area contributed by atoms with Gasteiger partial charge in [0.15, 0.2) is 0 Å². The topological polar surface area (TPSA) is 26.3 Å². The second kappa shape index (κ2) is 5.22. The molecule has 0 aliphatic carbocycles. The Labute approximate surface area is 84.2 Å². The fourth-order valence-electron chi connectivity index (χ4n) is 1.10. The molecule has 0 aromatic heterocycles. The summed E-state index contributed by atoms with van der Waals surface area (Å²) < 4.78 is 5.32. The van der Waals surface area contributed by atoms with Crippen molar-refractivity contribution in [3.8, 4) is 5.75 Å². The number of ether oxygens (including phenoxy) is 1. The van der Waals surface area contributed by atoms with Gasteiger partial charge in [-0.3, -0.25) is 0 Å². The molecule has 0 bridgehead atoms. The van der Waals surface area contributed by atoms with Gasteiger partial charge in [-0.15, -0.1) is 0 Å². The smallest absolute Gasteiger partial charge is 0.127 e. The Morgan fingerprint density at radius 3 is 2.57 bits per heavy atom. The highest BCUT2D eigenvalue weighted by Crippen LogP contribution is 2.17. The van der Waals surface area contributed by atoms with E-state index in [0.29, 0.717) is 6.61 Å². The van der Waals surface area contributed by atoms with Gasteiger partial charge in [0.2, 0.25) is 0 Å². The van der Waals surface area contributed by atoms with Crippen LogP contribution < -0.4 is 4.74 Å². The normalized spacial score (nSPS) is 11.8. The van der Waals surface area contributed by atoms with Crippen molar-refractivity contribution in [2.45, 2.75) is 12.8 Å². The van der Waals surface area contributed by atoms with E-state index in [9.17, 15) is 4.79 Å². The quantitative estimate of drug-likeness (QED) is 0.527. The van der Waals surface area contributed by atoms with Gasteiger partial charge in [-0.1, -0.05) is 31.7 Å². The summed E-state index contributed by atoms with van der Waals surface area (Å²) >= 11 is 0. The van der Waals surface area contributed by atoms with Crippen LogP contribution in [0.2, 0.25) is 0 Å². The highest BCUT2D eigenvalue weighted by molar-refractivity contribution is 5.61. The minimum atomic E-state index is -0.0524. The molecule has 74 valence electrons. The average Bonchev–Trinajstić information content (AvgIpc) is 2.26. The predicted octanol–water partition coefficient (Wildman–Crippen LogP) is 2.55. The third kappa shape index (κ3) is 2.73. The van der Waals surface area contributed by atoms with E-state index in [2.05, 4.69) is 6.58 Å². The van der Waals surface area contributed by atoms with Crippen molar-refractivity contribution in [2.75, 3.05) is 6.61 Å². The van der Waals surface area contributed by atoms with Crippen molar-refractivity contribution < 1.29 is 9.53 Å². The lowest BCUT2D eigenvalue weighted by atomic mass is 10.0. The molecule has 0 saturated carbocycles. The maximum absolute atomic E-state index is 10.5. The summed E-state index contributed by atoms with van der Waals surface area (Å²) in [6.07, 6.45) is 2.63. The monoisotopic (exact) mass is 190 g/mol. The minimum Gasteiger partial charge on any atom is -0.490 e. The Bertz CT molecular complexity index is 301. The lowest BCUT2D eigenvalue weighted by Crippen LogP contribution is -1.96. The largest absolute Gasteiger partial charge is 0.490 e. The van der Waals surface area contributed by atoms with E-state index in [0.717, 1.165) is 17.6 Å². The zero-order chi connectivity index (χ0) is 10.4. The van der Waals surface area contributed by atoms with Crippen molar-refractivity contribution in [3.63, 3.8) is 0 Å². The van der Waals surface area contributed by atoms with Gasteiger partial charge in [0.25, 0.3) is 0 Å². The van der Waals surface area contributed by atoms with Gasteiger partial charge in [0.1, 0.15) is 18.6 Å². The Kier molecular flexibility index (Phi) is 3.92. The zero-order valence-electron chi connectivity index (χ0n) is 8.27. The van der Waals surface area contributed by atoms with Gasteiger partial charge in [-0.2, -0.15) is 0 Å². The first kappa shape index (κ1) is 10.5. The summed E-state index contributed by atoms with van der Waals surface area (Å²) in [5.74, 6) is 0.746. The van der Waals surface area contributed by atoms with Crippen LogP contribution in [0.25, 0.3) is 0 Å². The number of hydrogen-bond donors (Lipinski definition) is 0. The van der Waals surface area contributed by atoms with Crippen LogP contribution in [0.5, 0.6) is 5.75 Å². The highest BCUT2D eigenvalue weighted by atomic mass is 16.5. The van der Waals surface area contributed by atoms with E-state index in [1.54, 1.807) is 6.08 Å². The molecule has 0 saturated heterocycles. The first-order valence-corrected chi connectivity index (χ1v) is 4.57. The summed E-state index contributed by atoms with van der Waals surface area (Å²) in [4.78, 5) is 10.5. The van der Waals surface area contributed by atoms with Crippen molar-refractivity contribution in [1.29, 1.82) is 0 Å². The standard InChI is InChI=1S/C12H14O2/c1-3-8-14-12-6-4-11(5-7-12)10(2)9-13/h3-7,9-10H,1,8H2,2H3. The molecule has 0 aliphatic rings. The van der Waals surface area contributed by atoms with Crippen LogP contribution >= 0.6 is 0 Å². The second-order valence-electron chi connectivity index (χ2n) is 3.09.